The van der Waals surface area contributed by atoms with Crippen molar-refractivity contribution in [1.29, 1.82) is 5.53 Å². The van der Waals surface area contributed by atoms with Gasteiger partial charge in [0.25, 0.3) is 5.78 Å². The van der Waals surface area contributed by atoms with Crippen molar-refractivity contribution in [2.24, 2.45) is 0 Å². The predicted molar refractivity (Wildman–Crippen MR) is 82.4 cm³/mol. The zero-order valence-electron chi connectivity index (χ0n) is 12.7. The molecule has 1 amide bonds. The van der Waals surface area contributed by atoms with Crippen LogP contribution < -0.4 is 5.32 Å². The molecule has 0 bridgehead atoms. The lowest BCUT2D eigenvalue weighted by Crippen LogP contribution is -2.45. The number of hydrogen-bond acceptors (Lipinski definition) is 4. The highest BCUT2D eigenvalue weighted by Crippen LogP contribution is 2.12. The molecule has 0 radical (unpaired) electrons. The Bertz CT molecular complexity index is 587. The maximum absolute atomic E-state index is 11.9. The van der Waals surface area contributed by atoms with E-state index in [1.807, 2.05) is 0 Å². The molecule has 118 valence electrons. The van der Waals surface area contributed by atoms with E-state index in [1.54, 1.807) is 45.0 Å². The second-order valence-corrected chi connectivity index (χ2v) is 6.13. The van der Waals surface area contributed by atoms with Crippen LogP contribution in [0.1, 0.15) is 26.3 Å². The van der Waals surface area contributed by atoms with Gasteiger partial charge >= 0.3 is 12.3 Å². The van der Waals surface area contributed by atoms with Gasteiger partial charge in [0.1, 0.15) is 11.6 Å². The van der Waals surface area contributed by atoms with E-state index < -0.39 is 23.5 Å². The molecule has 0 spiro atoms. The number of carbonyl (C=O) groups is 2. The maximum atomic E-state index is 11.9. The van der Waals surface area contributed by atoms with Crippen molar-refractivity contribution in [2.45, 2.75) is 38.8 Å². The molecule has 22 heavy (non-hydrogen) atoms. The fraction of sp³-hybridized carbons (Fsp3) is 0.400. The third-order valence-corrected chi connectivity index (χ3v) is 2.83. The molecule has 1 atom stereocenters. The second kappa shape index (κ2) is 7.73. The summed E-state index contributed by atoms with van der Waals surface area (Å²) in [5, 5.41) is 3.09. The number of nitrogens with one attached hydrogen (secondary N) is 2. The van der Waals surface area contributed by atoms with Crippen LogP contribution in [0.5, 0.6) is 0 Å². The van der Waals surface area contributed by atoms with E-state index in [4.69, 9.17) is 21.9 Å². The lowest BCUT2D eigenvalue weighted by atomic mass is 10.0. The molecule has 0 aliphatic heterocycles. The van der Waals surface area contributed by atoms with Crippen LogP contribution in [-0.2, 0) is 16.0 Å². The Balaban J connectivity index is 2.84. The van der Waals surface area contributed by atoms with Gasteiger partial charge in [0.15, 0.2) is 0 Å². The second-order valence-electron chi connectivity index (χ2n) is 5.69. The summed E-state index contributed by atoms with van der Waals surface area (Å²) in [5.74, 6) is -0.476. The van der Waals surface area contributed by atoms with E-state index in [-0.39, 0.29) is 6.42 Å². The summed E-state index contributed by atoms with van der Waals surface area (Å²) < 4.78 is 5.14. The van der Waals surface area contributed by atoms with E-state index in [1.165, 1.54) is 0 Å². The summed E-state index contributed by atoms with van der Waals surface area (Å²) in [5.41, 5.74) is 6.90. The minimum absolute atomic E-state index is 0.251. The van der Waals surface area contributed by atoms with Crippen LogP contribution in [0.2, 0.25) is 5.02 Å². The topological polar surface area (TPSA) is 93.3 Å². The third kappa shape index (κ3) is 6.52. The molecule has 0 unspecified atom stereocenters. The monoisotopic (exact) mass is 324 g/mol. The first-order valence-corrected chi connectivity index (χ1v) is 7.06. The number of nitrogens with zero attached hydrogens (tertiary/aromatic N) is 1. The zero-order valence-corrected chi connectivity index (χ0v) is 13.5. The summed E-state index contributed by atoms with van der Waals surface area (Å²) in [6.45, 7) is 5.19. The lowest BCUT2D eigenvalue weighted by molar-refractivity contribution is -0.132. The Hall–Kier alpha value is -2.17. The van der Waals surface area contributed by atoms with Gasteiger partial charge in [-0.15, -0.1) is 0 Å². The Morgan fingerprint density at radius 3 is 2.45 bits per heavy atom. The number of ketones is 1. The van der Waals surface area contributed by atoms with Crippen LogP contribution in [0.15, 0.2) is 24.3 Å². The van der Waals surface area contributed by atoms with Crippen molar-refractivity contribution >= 4 is 29.7 Å². The summed E-state index contributed by atoms with van der Waals surface area (Å²) in [6, 6.07) is 6.06. The number of amides is 1. The normalized spacial score (nSPS) is 12.0. The molecule has 0 aromatic heterocycles. The number of halogens is 1. The highest BCUT2D eigenvalue weighted by Gasteiger charge is 2.26. The Morgan fingerprint density at radius 2 is 1.95 bits per heavy atom. The van der Waals surface area contributed by atoms with Crippen molar-refractivity contribution in [1.82, 2.24) is 5.32 Å². The SMILES string of the molecule is CC(C)(C)OC(=O)N[C@@H](Cc1ccc(Cl)cc1)C(=O)C=[N+]=N. The highest BCUT2D eigenvalue weighted by atomic mass is 35.5. The summed E-state index contributed by atoms with van der Waals surface area (Å²) in [6.07, 6.45) is 0.414. The van der Waals surface area contributed by atoms with Crippen LogP contribution in [0.3, 0.4) is 0 Å². The molecule has 1 rings (SSSR count). The van der Waals surface area contributed by atoms with Crippen molar-refractivity contribution in [3.63, 3.8) is 0 Å². The number of rotatable bonds is 5. The number of alkyl carbamates (subject to hydrolysis) is 1. The molecule has 1 aromatic rings. The van der Waals surface area contributed by atoms with E-state index in [0.717, 1.165) is 11.8 Å². The van der Waals surface area contributed by atoms with Crippen molar-refractivity contribution < 1.29 is 19.1 Å². The predicted octanol–water partition coefficient (Wildman–Crippen LogP) is 2.65. The molecule has 0 saturated carbocycles. The number of carbonyl (C=O) groups excluding carboxylic acids is 2. The van der Waals surface area contributed by atoms with Crippen molar-refractivity contribution in [3.05, 3.63) is 34.9 Å². The molecule has 0 aliphatic rings. The summed E-state index contributed by atoms with van der Waals surface area (Å²) in [7, 11) is 0. The molecule has 2 N–H and O–H groups in total. The number of Topliss-reactive ketones (excluding diaryl/α,β-unsaturated/α-hetero) is 1. The van der Waals surface area contributed by atoms with Crippen LogP contribution in [0, 0.1) is 5.53 Å². The molecule has 6 nitrogen and oxygen atoms in total. The van der Waals surface area contributed by atoms with Gasteiger partial charge in [-0.05, 0) is 38.5 Å². The minimum atomic E-state index is -0.856. The molecule has 0 aliphatic carbocycles. The molecule has 1 aromatic carbocycles. The molecule has 0 saturated heterocycles. The molecule has 0 fully saturated rings. The van der Waals surface area contributed by atoms with E-state index in [2.05, 4.69) is 10.1 Å². The smallest absolute Gasteiger partial charge is 0.408 e. The third-order valence-electron chi connectivity index (χ3n) is 2.58. The van der Waals surface area contributed by atoms with E-state index in [9.17, 15) is 9.59 Å². The number of benzene rings is 1. The standard InChI is InChI=1S/C15H18ClN3O3/c1-15(2,3)22-14(21)19-12(13(20)9-18-17)8-10-4-6-11(16)7-5-10/h4-7,9,12,17H,8H2,1-3H3/p+1/t12-/m0/s1. The Labute approximate surface area is 134 Å². The average Bonchev–Trinajstić information content (AvgIpc) is 2.38. The first-order valence-electron chi connectivity index (χ1n) is 6.69. The molecular formula is C15H19ClN3O3+. The van der Waals surface area contributed by atoms with Crippen LogP contribution in [-0.4, -0.2) is 34.5 Å². The number of hydrogen-bond donors (Lipinski definition) is 2. The van der Waals surface area contributed by atoms with Gasteiger partial charge in [-0.2, -0.15) is 0 Å². The first-order chi connectivity index (χ1) is 10.2. The van der Waals surface area contributed by atoms with E-state index >= 15 is 0 Å². The van der Waals surface area contributed by atoms with Crippen molar-refractivity contribution in [3.8, 4) is 0 Å². The van der Waals surface area contributed by atoms with Gasteiger partial charge in [0.2, 0.25) is 0 Å². The van der Waals surface area contributed by atoms with Gasteiger partial charge in [-0.1, -0.05) is 23.7 Å². The average molecular weight is 325 g/mol. The van der Waals surface area contributed by atoms with Gasteiger partial charge in [-0.3, -0.25) is 4.79 Å². The van der Waals surface area contributed by atoms with Gasteiger partial charge in [-0.25, -0.2) is 4.79 Å². The van der Waals surface area contributed by atoms with Gasteiger partial charge in [0.05, 0.1) is 10.3 Å². The summed E-state index contributed by atoms with van der Waals surface area (Å²) in [4.78, 5) is 26.7. The zero-order chi connectivity index (χ0) is 16.8. The largest absolute Gasteiger partial charge is 0.444 e. The van der Waals surface area contributed by atoms with Gasteiger partial charge < -0.3 is 10.1 Å². The summed E-state index contributed by atoms with van der Waals surface area (Å²) >= 11 is 5.81. The van der Waals surface area contributed by atoms with Crippen LogP contribution in [0.4, 0.5) is 4.79 Å². The lowest BCUT2D eigenvalue weighted by Gasteiger charge is -2.22. The molecule has 7 heteroatoms. The van der Waals surface area contributed by atoms with Gasteiger partial charge in [0, 0.05) is 11.4 Å². The maximum Gasteiger partial charge on any atom is 0.408 e. The molecular weight excluding hydrogens is 306 g/mol. The van der Waals surface area contributed by atoms with Crippen molar-refractivity contribution in [2.75, 3.05) is 0 Å². The number of ether oxygens (including phenoxy) is 1. The fourth-order valence-electron chi connectivity index (χ4n) is 1.68. The fourth-order valence-corrected chi connectivity index (χ4v) is 1.81. The van der Waals surface area contributed by atoms with Crippen LogP contribution in [0.25, 0.3) is 0 Å². The van der Waals surface area contributed by atoms with Crippen LogP contribution >= 0.6 is 11.6 Å². The molecule has 0 heterocycles. The minimum Gasteiger partial charge on any atom is -0.444 e. The Morgan fingerprint density at radius 1 is 1.36 bits per heavy atom. The highest BCUT2D eigenvalue weighted by molar-refractivity contribution is 6.30. The quantitative estimate of drug-likeness (QED) is 0.495. The van der Waals surface area contributed by atoms with E-state index in [0.29, 0.717) is 5.02 Å². The first kappa shape index (κ1) is 17.9. The Kier molecular flexibility index (Phi) is 6.28.